The Morgan fingerprint density at radius 3 is 2.27 bits per heavy atom. The quantitative estimate of drug-likeness (QED) is 0.486. The highest BCUT2D eigenvalue weighted by Gasteiger charge is 2.28. The Morgan fingerprint density at radius 1 is 1.20 bits per heavy atom. The summed E-state index contributed by atoms with van der Waals surface area (Å²) >= 11 is 0. The van der Waals surface area contributed by atoms with Crippen LogP contribution in [0.5, 0.6) is 5.88 Å². The predicted octanol–water partition coefficient (Wildman–Crippen LogP) is -1.25. The van der Waals surface area contributed by atoms with Crippen LogP contribution in [0.4, 0.5) is 0 Å². The van der Waals surface area contributed by atoms with Gasteiger partial charge in [0.05, 0.1) is 6.20 Å². The Morgan fingerprint density at radius 2 is 1.80 bits per heavy atom. The van der Waals surface area contributed by atoms with Crippen LogP contribution in [0, 0.1) is 0 Å². The number of phosphoric acid groups is 1. The van der Waals surface area contributed by atoms with Gasteiger partial charge in [-0.15, -0.1) is 5.10 Å². The lowest BCUT2D eigenvalue weighted by molar-refractivity contribution is 0.279. The van der Waals surface area contributed by atoms with Crippen molar-refractivity contribution >= 4 is 20.7 Å². The number of aromatic nitrogens is 2. The van der Waals surface area contributed by atoms with Crippen molar-refractivity contribution in [2.45, 2.75) is 0 Å². The van der Waals surface area contributed by atoms with Crippen LogP contribution >= 0.6 is 15.4 Å². The first-order valence-corrected chi connectivity index (χ1v) is 6.47. The van der Waals surface area contributed by atoms with Crippen molar-refractivity contribution in [3.8, 4) is 5.88 Å². The zero-order valence-corrected chi connectivity index (χ0v) is 8.75. The molecule has 1 aromatic rings. The lowest BCUT2D eigenvalue weighted by Crippen LogP contribution is -2.11. The van der Waals surface area contributed by atoms with Gasteiger partial charge in [0, 0.05) is 0 Å². The molecule has 0 aromatic carbocycles. The molecule has 0 radical (unpaired) electrons. The largest absolute Gasteiger partial charge is 0.526 e. The van der Waals surface area contributed by atoms with Crippen LogP contribution in [0.3, 0.4) is 0 Å². The van der Waals surface area contributed by atoms with Crippen LogP contribution in [-0.4, -0.2) is 29.8 Å². The van der Waals surface area contributed by atoms with E-state index in [2.05, 4.69) is 14.7 Å². The molecule has 0 saturated heterocycles. The van der Waals surface area contributed by atoms with Gasteiger partial charge in [-0.3, -0.25) is 14.4 Å². The Kier molecular flexibility index (Phi) is 3.25. The maximum absolute atomic E-state index is 10.8. The molecular formula is C4H6N2O7P2. The summed E-state index contributed by atoms with van der Waals surface area (Å²) in [5.74, 6) is -0.890. The van der Waals surface area contributed by atoms with Gasteiger partial charge in [0.15, 0.2) is 0 Å². The van der Waals surface area contributed by atoms with Crippen molar-refractivity contribution in [1.29, 1.82) is 0 Å². The smallest absolute Gasteiger partial charge is 0.383 e. The fraction of sp³-hybridized carbons (Fsp3) is 0. The van der Waals surface area contributed by atoms with E-state index in [-0.39, 0.29) is 0 Å². The standard InChI is InChI=1S/C4H6N2O7P2/c7-14(8,9)3-1-2-5-6-4(3)13-15(10,11)12/h1-2H,(H2,7,8,9)(H2,10,11,12). The van der Waals surface area contributed by atoms with Crippen molar-refractivity contribution in [3.05, 3.63) is 12.3 Å². The van der Waals surface area contributed by atoms with Crippen LogP contribution in [0.2, 0.25) is 0 Å². The Bertz CT molecular complexity index is 450. The van der Waals surface area contributed by atoms with Gasteiger partial charge in [-0.05, 0) is 6.07 Å². The van der Waals surface area contributed by atoms with Crippen molar-refractivity contribution in [2.24, 2.45) is 0 Å². The summed E-state index contributed by atoms with van der Waals surface area (Å²) in [4.78, 5) is 34.4. The van der Waals surface area contributed by atoms with Gasteiger partial charge in [0.2, 0.25) is 0 Å². The minimum Gasteiger partial charge on any atom is -0.383 e. The van der Waals surface area contributed by atoms with Crippen molar-refractivity contribution in [2.75, 3.05) is 0 Å². The molecule has 1 heterocycles. The van der Waals surface area contributed by atoms with Gasteiger partial charge in [-0.1, -0.05) is 0 Å². The van der Waals surface area contributed by atoms with Crippen LogP contribution in [0.1, 0.15) is 0 Å². The van der Waals surface area contributed by atoms with E-state index in [4.69, 9.17) is 19.6 Å². The molecule has 0 amide bonds. The third kappa shape index (κ3) is 3.67. The second kappa shape index (κ2) is 3.97. The highest BCUT2D eigenvalue weighted by molar-refractivity contribution is 7.60. The number of hydrogen-bond donors (Lipinski definition) is 4. The van der Waals surface area contributed by atoms with Gasteiger partial charge in [-0.2, -0.15) is 5.10 Å². The monoisotopic (exact) mass is 256 g/mol. The van der Waals surface area contributed by atoms with Crippen LogP contribution < -0.4 is 9.83 Å². The van der Waals surface area contributed by atoms with Crippen molar-refractivity contribution in [1.82, 2.24) is 10.2 Å². The average Bonchev–Trinajstić information content (AvgIpc) is 1.99. The Labute approximate surface area is 83.1 Å². The third-order valence-electron chi connectivity index (χ3n) is 1.19. The molecule has 0 aliphatic carbocycles. The molecule has 0 atom stereocenters. The SMILES string of the molecule is O=P(O)(O)Oc1nnccc1P(=O)(O)O. The summed E-state index contributed by atoms with van der Waals surface area (Å²) in [7, 11) is -9.64. The molecule has 1 aromatic heterocycles. The molecule has 4 N–H and O–H groups in total. The van der Waals surface area contributed by atoms with E-state index in [9.17, 15) is 9.13 Å². The topological polar surface area (TPSA) is 150 Å². The fourth-order valence-corrected chi connectivity index (χ4v) is 1.74. The van der Waals surface area contributed by atoms with E-state index < -0.39 is 26.6 Å². The molecule has 9 nitrogen and oxygen atoms in total. The second-order valence-electron chi connectivity index (χ2n) is 2.35. The maximum atomic E-state index is 10.8. The molecule has 0 saturated carbocycles. The molecule has 0 fully saturated rings. The van der Waals surface area contributed by atoms with Gasteiger partial charge < -0.3 is 14.3 Å². The second-order valence-corrected chi connectivity index (χ2v) is 5.08. The first-order chi connectivity index (χ1) is 6.70. The summed E-state index contributed by atoms with van der Waals surface area (Å²) in [5.41, 5.74) is 0. The number of phosphoric ester groups is 1. The van der Waals surface area contributed by atoms with Crippen LogP contribution in [0.15, 0.2) is 12.3 Å². The lowest BCUT2D eigenvalue weighted by Gasteiger charge is -2.09. The van der Waals surface area contributed by atoms with E-state index in [1.165, 1.54) is 0 Å². The molecule has 0 spiro atoms. The van der Waals surface area contributed by atoms with Gasteiger partial charge in [0.1, 0.15) is 5.30 Å². The normalized spacial score (nSPS) is 12.5. The highest BCUT2D eigenvalue weighted by atomic mass is 31.2. The lowest BCUT2D eigenvalue weighted by atomic mass is 10.6. The maximum Gasteiger partial charge on any atom is 0.526 e. The van der Waals surface area contributed by atoms with E-state index in [0.717, 1.165) is 12.3 Å². The minimum absolute atomic E-state index is 0.735. The Hall–Kier alpha value is -0.820. The number of rotatable bonds is 3. The van der Waals surface area contributed by atoms with E-state index in [1.54, 1.807) is 0 Å². The first-order valence-electron chi connectivity index (χ1n) is 3.33. The molecule has 11 heteroatoms. The average molecular weight is 256 g/mol. The Balaban J connectivity index is 3.20. The highest BCUT2D eigenvalue weighted by Crippen LogP contribution is 2.41. The van der Waals surface area contributed by atoms with Gasteiger partial charge in [0.25, 0.3) is 5.88 Å². The summed E-state index contributed by atoms with van der Waals surface area (Å²) in [6, 6.07) is 0.860. The predicted molar refractivity (Wildman–Crippen MR) is 46.4 cm³/mol. The van der Waals surface area contributed by atoms with Crippen molar-refractivity contribution < 1.29 is 33.2 Å². The zero-order chi connectivity index (χ0) is 11.7. The molecular weight excluding hydrogens is 250 g/mol. The van der Waals surface area contributed by atoms with Crippen LogP contribution in [-0.2, 0) is 9.13 Å². The van der Waals surface area contributed by atoms with E-state index in [1.807, 2.05) is 0 Å². The summed E-state index contributed by atoms with van der Waals surface area (Å²) < 4.78 is 25.2. The van der Waals surface area contributed by atoms with E-state index in [0.29, 0.717) is 0 Å². The molecule has 84 valence electrons. The molecule has 15 heavy (non-hydrogen) atoms. The molecule has 0 aliphatic heterocycles. The molecule has 0 bridgehead atoms. The fourth-order valence-electron chi connectivity index (χ4n) is 0.712. The van der Waals surface area contributed by atoms with Crippen molar-refractivity contribution in [3.63, 3.8) is 0 Å². The minimum atomic E-state index is -4.93. The van der Waals surface area contributed by atoms with Gasteiger partial charge in [-0.25, -0.2) is 4.57 Å². The first kappa shape index (κ1) is 12.3. The number of hydrogen-bond acceptors (Lipinski definition) is 5. The zero-order valence-electron chi connectivity index (χ0n) is 6.96. The molecule has 0 aliphatic rings. The van der Waals surface area contributed by atoms with Crippen LogP contribution in [0.25, 0.3) is 0 Å². The third-order valence-corrected chi connectivity index (χ3v) is 2.56. The molecule has 0 unspecified atom stereocenters. The van der Waals surface area contributed by atoms with Gasteiger partial charge >= 0.3 is 15.4 Å². The van der Waals surface area contributed by atoms with E-state index >= 15 is 0 Å². The summed E-state index contributed by atoms with van der Waals surface area (Å²) in [5, 5.41) is 5.52. The summed E-state index contributed by atoms with van der Waals surface area (Å²) in [6.07, 6.45) is 0.959. The summed E-state index contributed by atoms with van der Waals surface area (Å²) in [6.45, 7) is 0. The molecule has 1 rings (SSSR count). The number of nitrogens with zero attached hydrogens (tertiary/aromatic N) is 2.